The summed E-state index contributed by atoms with van der Waals surface area (Å²) in [5, 5.41) is 19.5. The third kappa shape index (κ3) is 4.99. The summed E-state index contributed by atoms with van der Waals surface area (Å²) >= 11 is 7.40. The van der Waals surface area contributed by atoms with Crippen molar-refractivity contribution in [1.82, 2.24) is 0 Å². The molecule has 0 saturated heterocycles. The molecule has 2 N–H and O–H groups in total. The molecule has 148 valence electrons. The van der Waals surface area contributed by atoms with Gasteiger partial charge in [-0.1, -0.05) is 71.2 Å². The third-order valence-corrected chi connectivity index (χ3v) is 6.82. The Kier molecular flexibility index (Phi) is 7.22. The van der Waals surface area contributed by atoms with Crippen LogP contribution < -0.4 is 0 Å². The van der Waals surface area contributed by atoms with Gasteiger partial charge in [-0.2, -0.15) is 0 Å². The quantitative estimate of drug-likeness (QED) is 0.445. The van der Waals surface area contributed by atoms with Crippen molar-refractivity contribution in [3.05, 3.63) is 59.7 Å². The van der Waals surface area contributed by atoms with Gasteiger partial charge < -0.3 is 10.2 Å². The predicted molar refractivity (Wildman–Crippen MR) is 115 cm³/mol. The zero-order chi connectivity index (χ0) is 20.1. The first kappa shape index (κ1) is 21.6. The van der Waals surface area contributed by atoms with Gasteiger partial charge in [-0.25, -0.2) is 0 Å². The van der Waals surface area contributed by atoms with Gasteiger partial charge in [0.15, 0.2) is 0 Å². The molecule has 0 aliphatic carbocycles. The first-order chi connectivity index (χ1) is 12.8. The van der Waals surface area contributed by atoms with Gasteiger partial charge in [-0.3, -0.25) is 0 Å². The molecule has 0 aliphatic heterocycles. The molecule has 0 bridgehead atoms. The maximum Gasteiger partial charge on any atom is 0.115 e. The lowest BCUT2D eigenvalue weighted by molar-refractivity contribution is 0.165. The predicted octanol–water partition coefficient (Wildman–Crippen LogP) is 7.21. The molecular formula is C24H33ClO2. The summed E-state index contributed by atoms with van der Waals surface area (Å²) in [6, 6.07) is 14.4. The highest BCUT2D eigenvalue weighted by atomic mass is 35.5. The normalized spacial score (nSPS) is 13.5. The molecule has 0 radical (unpaired) electrons. The van der Waals surface area contributed by atoms with Crippen molar-refractivity contribution in [2.24, 2.45) is 11.3 Å². The van der Waals surface area contributed by atoms with E-state index in [9.17, 15) is 10.2 Å². The van der Waals surface area contributed by atoms with Gasteiger partial charge in [0.25, 0.3) is 0 Å². The summed E-state index contributed by atoms with van der Waals surface area (Å²) in [5.74, 6) is 1.12. The molecule has 0 amide bonds. The lowest BCUT2D eigenvalue weighted by Crippen LogP contribution is -2.33. The molecule has 3 heteroatoms. The highest BCUT2D eigenvalue weighted by molar-refractivity contribution is 6.26. The van der Waals surface area contributed by atoms with Crippen molar-refractivity contribution < 1.29 is 10.2 Å². The van der Waals surface area contributed by atoms with E-state index in [1.807, 2.05) is 24.3 Å². The van der Waals surface area contributed by atoms with Gasteiger partial charge in [-0.05, 0) is 59.6 Å². The second-order valence-corrected chi connectivity index (χ2v) is 8.64. The molecule has 2 rings (SSSR count). The minimum atomic E-state index is -0.707. The number of phenols is 2. The Balaban J connectivity index is 2.54. The average molecular weight is 389 g/mol. The molecule has 1 unspecified atom stereocenters. The molecule has 0 spiro atoms. The van der Waals surface area contributed by atoms with Gasteiger partial charge in [-0.15, -0.1) is 11.6 Å². The summed E-state index contributed by atoms with van der Waals surface area (Å²) < 4.78 is 0. The highest BCUT2D eigenvalue weighted by Gasteiger charge is 2.41. The summed E-state index contributed by atoms with van der Waals surface area (Å²) in [7, 11) is 0. The number of halogens is 1. The second-order valence-electron chi connectivity index (χ2n) is 8.00. The van der Waals surface area contributed by atoms with Crippen molar-refractivity contribution in [2.75, 3.05) is 0 Å². The van der Waals surface area contributed by atoms with E-state index in [-0.39, 0.29) is 16.9 Å². The van der Waals surface area contributed by atoms with Crippen LogP contribution in [0.4, 0.5) is 0 Å². The lowest BCUT2D eigenvalue weighted by atomic mass is 9.67. The highest BCUT2D eigenvalue weighted by Crippen LogP contribution is 2.51. The number of phenolic OH excluding ortho intramolecular Hbond substituents is 2. The van der Waals surface area contributed by atoms with Gasteiger partial charge >= 0.3 is 0 Å². The number of hydrogen-bond acceptors (Lipinski definition) is 2. The Morgan fingerprint density at radius 1 is 0.815 bits per heavy atom. The van der Waals surface area contributed by atoms with Crippen molar-refractivity contribution >= 4 is 11.6 Å². The van der Waals surface area contributed by atoms with Crippen LogP contribution in [0.1, 0.15) is 70.9 Å². The molecule has 1 atom stereocenters. The largest absolute Gasteiger partial charge is 0.508 e. The van der Waals surface area contributed by atoms with E-state index in [4.69, 9.17) is 11.6 Å². The van der Waals surface area contributed by atoms with Crippen molar-refractivity contribution in [3.63, 3.8) is 0 Å². The fourth-order valence-corrected chi connectivity index (χ4v) is 4.62. The van der Waals surface area contributed by atoms with Crippen molar-refractivity contribution in [2.45, 2.75) is 64.7 Å². The van der Waals surface area contributed by atoms with Crippen molar-refractivity contribution in [3.8, 4) is 11.5 Å². The Labute approximate surface area is 169 Å². The van der Waals surface area contributed by atoms with E-state index in [1.165, 1.54) is 0 Å². The number of aromatic hydroxyl groups is 2. The van der Waals surface area contributed by atoms with E-state index in [2.05, 4.69) is 27.7 Å². The van der Waals surface area contributed by atoms with Crippen LogP contribution in [-0.4, -0.2) is 10.2 Å². The smallest absolute Gasteiger partial charge is 0.115 e. The van der Waals surface area contributed by atoms with Crippen LogP contribution in [-0.2, 0) is 4.87 Å². The Hall–Kier alpha value is -1.67. The first-order valence-corrected chi connectivity index (χ1v) is 10.4. The van der Waals surface area contributed by atoms with E-state index in [0.29, 0.717) is 5.92 Å². The first-order valence-electron chi connectivity index (χ1n) is 10.1. The number of benzene rings is 2. The van der Waals surface area contributed by atoms with E-state index < -0.39 is 4.87 Å². The van der Waals surface area contributed by atoms with E-state index in [0.717, 1.165) is 43.2 Å². The minimum absolute atomic E-state index is 0.132. The van der Waals surface area contributed by atoms with Crippen LogP contribution >= 0.6 is 11.6 Å². The van der Waals surface area contributed by atoms with Crippen LogP contribution in [0, 0.1) is 11.3 Å². The van der Waals surface area contributed by atoms with Gasteiger partial charge in [0.2, 0.25) is 0 Å². The second kappa shape index (κ2) is 9.01. The van der Waals surface area contributed by atoms with Gasteiger partial charge in [0.1, 0.15) is 11.5 Å². The minimum Gasteiger partial charge on any atom is -0.508 e. The number of hydrogen-bond donors (Lipinski definition) is 2. The SMILES string of the molecule is CCC(C)CC(CC)(CC)CC(Cl)(c1ccc(O)cc1)c1ccc(O)cc1. The zero-order valence-electron chi connectivity index (χ0n) is 17.0. The molecule has 27 heavy (non-hydrogen) atoms. The third-order valence-electron chi connectivity index (χ3n) is 6.25. The van der Waals surface area contributed by atoms with Crippen LogP contribution in [0.5, 0.6) is 11.5 Å². The monoisotopic (exact) mass is 388 g/mol. The summed E-state index contributed by atoms with van der Waals surface area (Å²) in [5.41, 5.74) is 2.08. The Morgan fingerprint density at radius 3 is 1.56 bits per heavy atom. The van der Waals surface area contributed by atoms with E-state index in [1.54, 1.807) is 24.3 Å². The summed E-state index contributed by atoms with van der Waals surface area (Å²) in [6.07, 6.45) is 5.25. The lowest BCUT2D eigenvalue weighted by Gasteiger charge is -2.42. The molecule has 0 saturated carbocycles. The van der Waals surface area contributed by atoms with Crippen LogP contribution in [0.3, 0.4) is 0 Å². The van der Waals surface area contributed by atoms with Gasteiger partial charge in [0, 0.05) is 0 Å². The Bertz CT molecular complexity index is 657. The molecule has 0 aliphatic rings. The van der Waals surface area contributed by atoms with E-state index >= 15 is 0 Å². The topological polar surface area (TPSA) is 40.5 Å². The van der Waals surface area contributed by atoms with Crippen molar-refractivity contribution in [1.29, 1.82) is 0 Å². The van der Waals surface area contributed by atoms with Crippen LogP contribution in [0.15, 0.2) is 48.5 Å². The van der Waals surface area contributed by atoms with Gasteiger partial charge in [0.05, 0.1) is 4.87 Å². The fraction of sp³-hybridized carbons (Fsp3) is 0.500. The maximum absolute atomic E-state index is 9.73. The summed E-state index contributed by atoms with van der Waals surface area (Å²) in [6.45, 7) is 9.08. The fourth-order valence-electron chi connectivity index (χ4n) is 4.08. The molecule has 0 aromatic heterocycles. The molecule has 2 nitrogen and oxygen atoms in total. The maximum atomic E-state index is 9.73. The summed E-state index contributed by atoms with van der Waals surface area (Å²) in [4.78, 5) is -0.707. The molecule has 0 fully saturated rings. The number of rotatable bonds is 9. The molecular weight excluding hydrogens is 356 g/mol. The van der Waals surface area contributed by atoms with Crippen LogP contribution in [0.25, 0.3) is 0 Å². The zero-order valence-corrected chi connectivity index (χ0v) is 17.8. The molecule has 2 aromatic carbocycles. The number of alkyl halides is 1. The Morgan fingerprint density at radius 2 is 1.22 bits per heavy atom. The molecule has 2 aromatic rings. The van der Waals surface area contributed by atoms with Crippen LogP contribution in [0.2, 0.25) is 0 Å². The average Bonchev–Trinajstić information content (AvgIpc) is 2.68. The standard InChI is InChI=1S/C24H33ClO2/c1-5-18(4)16-23(6-2,7-3)17-24(25,19-8-12-21(26)13-9-19)20-10-14-22(27)15-11-20/h8-15,18,26-27H,5-7,16-17H2,1-4H3. The molecule has 0 heterocycles.